The first-order chi connectivity index (χ1) is 12.5. The molecule has 2 aromatic carbocycles. The Kier molecular flexibility index (Phi) is 5.17. The highest BCUT2D eigenvalue weighted by atomic mass is 16.5. The normalized spacial score (nSPS) is 10.3. The number of aromatic nitrogens is 1. The molecule has 26 heavy (non-hydrogen) atoms. The van der Waals surface area contributed by atoms with Crippen molar-refractivity contribution in [2.24, 2.45) is 0 Å². The highest BCUT2D eigenvalue weighted by molar-refractivity contribution is 6.03. The van der Waals surface area contributed by atoms with Gasteiger partial charge in [0.1, 0.15) is 11.4 Å². The van der Waals surface area contributed by atoms with Crippen LogP contribution in [-0.4, -0.2) is 18.0 Å². The molecule has 132 valence electrons. The number of methoxy groups -OCH3 is 1. The molecule has 0 aliphatic heterocycles. The number of benzene rings is 2. The smallest absolute Gasteiger partial charge is 0.274 e. The van der Waals surface area contributed by atoms with Crippen LogP contribution in [0.4, 0.5) is 17.1 Å². The molecular weight excluding hydrogens is 326 g/mol. The molecule has 0 fully saturated rings. The van der Waals surface area contributed by atoms with Gasteiger partial charge in [-0.25, -0.2) is 4.98 Å². The van der Waals surface area contributed by atoms with Crippen molar-refractivity contribution in [2.45, 2.75) is 13.8 Å². The summed E-state index contributed by atoms with van der Waals surface area (Å²) in [5.74, 6) is 0.505. The Morgan fingerprint density at radius 2 is 1.62 bits per heavy atom. The minimum atomic E-state index is -0.242. The Morgan fingerprint density at radius 3 is 2.27 bits per heavy atom. The fraction of sp³-hybridized carbons (Fsp3) is 0.143. The summed E-state index contributed by atoms with van der Waals surface area (Å²) in [4.78, 5) is 16.6. The van der Waals surface area contributed by atoms with Crippen LogP contribution in [0.25, 0.3) is 0 Å². The number of hydrogen-bond acceptors (Lipinski definition) is 4. The molecule has 0 saturated heterocycles. The van der Waals surface area contributed by atoms with Crippen molar-refractivity contribution in [2.75, 3.05) is 17.7 Å². The van der Waals surface area contributed by atoms with Crippen LogP contribution in [0.15, 0.2) is 60.8 Å². The average molecular weight is 347 g/mol. The average Bonchev–Trinajstić information content (AvgIpc) is 2.64. The van der Waals surface area contributed by atoms with Crippen LogP contribution in [0, 0.1) is 13.8 Å². The van der Waals surface area contributed by atoms with Gasteiger partial charge in [-0.05, 0) is 55.8 Å². The Bertz CT molecular complexity index is 904. The number of carbonyl (C=O) groups is 1. The number of hydrogen-bond donors (Lipinski definition) is 2. The molecule has 0 unspecified atom stereocenters. The third-order valence-corrected chi connectivity index (χ3v) is 3.94. The summed E-state index contributed by atoms with van der Waals surface area (Å²) in [7, 11) is 1.63. The summed E-state index contributed by atoms with van der Waals surface area (Å²) in [6.45, 7) is 4.02. The van der Waals surface area contributed by atoms with Gasteiger partial charge in [0.2, 0.25) is 0 Å². The monoisotopic (exact) mass is 347 g/mol. The molecule has 3 aromatic rings. The summed E-state index contributed by atoms with van der Waals surface area (Å²) in [6, 6.07) is 17.0. The van der Waals surface area contributed by atoms with Gasteiger partial charge >= 0.3 is 0 Å². The van der Waals surface area contributed by atoms with Gasteiger partial charge in [-0.3, -0.25) is 4.79 Å². The number of ether oxygens (including phenoxy) is 1. The van der Waals surface area contributed by atoms with E-state index < -0.39 is 0 Å². The second-order valence-electron chi connectivity index (χ2n) is 6.08. The summed E-state index contributed by atoms with van der Waals surface area (Å²) in [5, 5.41) is 6.11. The Morgan fingerprint density at radius 1 is 0.923 bits per heavy atom. The first kappa shape index (κ1) is 17.5. The van der Waals surface area contributed by atoms with Crippen molar-refractivity contribution in [1.82, 2.24) is 4.98 Å². The number of anilines is 3. The van der Waals surface area contributed by atoms with E-state index >= 15 is 0 Å². The second kappa shape index (κ2) is 7.70. The van der Waals surface area contributed by atoms with E-state index in [4.69, 9.17) is 4.74 Å². The topological polar surface area (TPSA) is 63.2 Å². The van der Waals surface area contributed by atoms with Gasteiger partial charge in [0.25, 0.3) is 5.91 Å². The van der Waals surface area contributed by atoms with Crippen molar-refractivity contribution in [3.8, 4) is 5.75 Å². The maximum Gasteiger partial charge on any atom is 0.274 e. The molecule has 3 rings (SSSR count). The van der Waals surface area contributed by atoms with Crippen LogP contribution in [-0.2, 0) is 0 Å². The third kappa shape index (κ3) is 4.19. The third-order valence-electron chi connectivity index (χ3n) is 3.94. The standard InChI is InChI=1S/C21H21N3O2/c1-14-4-7-16(8-5-14)24-21(25)18-10-9-17(13-22-18)23-19-12-15(2)6-11-20(19)26-3/h4-13,23H,1-3H3,(H,24,25). The van der Waals surface area contributed by atoms with E-state index in [1.807, 2.05) is 62.4 Å². The molecule has 1 heterocycles. The van der Waals surface area contributed by atoms with Crippen molar-refractivity contribution < 1.29 is 9.53 Å². The van der Waals surface area contributed by atoms with E-state index in [-0.39, 0.29) is 5.91 Å². The lowest BCUT2D eigenvalue weighted by atomic mass is 10.2. The van der Waals surface area contributed by atoms with Crippen LogP contribution < -0.4 is 15.4 Å². The molecule has 0 atom stereocenters. The van der Waals surface area contributed by atoms with Crippen LogP contribution in [0.5, 0.6) is 5.75 Å². The van der Waals surface area contributed by atoms with E-state index in [2.05, 4.69) is 15.6 Å². The lowest BCUT2D eigenvalue weighted by molar-refractivity contribution is 0.102. The van der Waals surface area contributed by atoms with Crippen LogP contribution in [0.1, 0.15) is 21.6 Å². The first-order valence-corrected chi connectivity index (χ1v) is 8.31. The van der Waals surface area contributed by atoms with Gasteiger partial charge < -0.3 is 15.4 Å². The van der Waals surface area contributed by atoms with Crippen LogP contribution >= 0.6 is 0 Å². The Balaban J connectivity index is 1.71. The molecule has 5 nitrogen and oxygen atoms in total. The molecule has 0 aliphatic rings. The number of nitrogens with one attached hydrogen (secondary N) is 2. The van der Waals surface area contributed by atoms with Crippen LogP contribution in [0.3, 0.4) is 0 Å². The van der Waals surface area contributed by atoms with Crippen LogP contribution in [0.2, 0.25) is 0 Å². The molecule has 0 saturated carbocycles. The maximum absolute atomic E-state index is 12.3. The summed E-state index contributed by atoms with van der Waals surface area (Å²) >= 11 is 0. The number of pyridine rings is 1. The number of carbonyl (C=O) groups excluding carboxylic acids is 1. The van der Waals surface area contributed by atoms with Crippen molar-refractivity contribution in [1.29, 1.82) is 0 Å². The van der Waals surface area contributed by atoms with E-state index in [1.54, 1.807) is 19.4 Å². The van der Waals surface area contributed by atoms with Gasteiger partial charge in [-0.15, -0.1) is 0 Å². The highest BCUT2D eigenvalue weighted by Gasteiger charge is 2.09. The van der Waals surface area contributed by atoms with E-state index in [9.17, 15) is 4.79 Å². The molecule has 0 bridgehead atoms. The predicted octanol–water partition coefficient (Wildman–Crippen LogP) is 4.70. The molecule has 0 aliphatic carbocycles. The minimum Gasteiger partial charge on any atom is -0.495 e. The number of nitrogens with zero attached hydrogens (tertiary/aromatic N) is 1. The molecule has 0 spiro atoms. The van der Waals surface area contributed by atoms with Crippen molar-refractivity contribution >= 4 is 23.0 Å². The lowest BCUT2D eigenvalue weighted by Gasteiger charge is -2.12. The molecule has 5 heteroatoms. The van der Waals surface area contributed by atoms with Crippen molar-refractivity contribution in [3.63, 3.8) is 0 Å². The van der Waals surface area contributed by atoms with Gasteiger partial charge in [0.15, 0.2) is 0 Å². The Labute approximate surface area is 153 Å². The number of amides is 1. The van der Waals surface area contributed by atoms with Gasteiger partial charge in [-0.1, -0.05) is 23.8 Å². The van der Waals surface area contributed by atoms with Gasteiger partial charge in [0.05, 0.1) is 24.7 Å². The van der Waals surface area contributed by atoms with Gasteiger partial charge in [0, 0.05) is 5.69 Å². The minimum absolute atomic E-state index is 0.242. The summed E-state index contributed by atoms with van der Waals surface area (Å²) in [6.07, 6.45) is 1.63. The van der Waals surface area contributed by atoms with E-state index in [1.165, 1.54) is 0 Å². The number of rotatable bonds is 5. The quantitative estimate of drug-likeness (QED) is 0.702. The second-order valence-corrected chi connectivity index (χ2v) is 6.08. The zero-order chi connectivity index (χ0) is 18.5. The number of aryl methyl sites for hydroxylation is 2. The van der Waals surface area contributed by atoms with Gasteiger partial charge in [-0.2, -0.15) is 0 Å². The molecule has 2 N–H and O–H groups in total. The largest absolute Gasteiger partial charge is 0.495 e. The summed E-state index contributed by atoms with van der Waals surface area (Å²) in [5.41, 5.74) is 4.99. The molecular formula is C21H21N3O2. The zero-order valence-electron chi connectivity index (χ0n) is 15.0. The van der Waals surface area contributed by atoms with E-state index in [0.29, 0.717) is 5.69 Å². The Hall–Kier alpha value is -3.34. The fourth-order valence-corrected chi connectivity index (χ4v) is 2.51. The lowest BCUT2D eigenvalue weighted by Crippen LogP contribution is -2.13. The molecule has 1 aromatic heterocycles. The summed E-state index contributed by atoms with van der Waals surface area (Å²) < 4.78 is 5.36. The molecule has 0 radical (unpaired) electrons. The fourth-order valence-electron chi connectivity index (χ4n) is 2.51. The highest BCUT2D eigenvalue weighted by Crippen LogP contribution is 2.28. The van der Waals surface area contributed by atoms with E-state index in [0.717, 1.165) is 33.9 Å². The molecule has 1 amide bonds. The zero-order valence-corrected chi connectivity index (χ0v) is 15.0. The van der Waals surface area contributed by atoms with Crippen molar-refractivity contribution in [3.05, 3.63) is 77.6 Å². The maximum atomic E-state index is 12.3. The SMILES string of the molecule is COc1ccc(C)cc1Nc1ccc(C(=O)Nc2ccc(C)cc2)nc1. The predicted molar refractivity (Wildman–Crippen MR) is 104 cm³/mol. The first-order valence-electron chi connectivity index (χ1n) is 8.31.